The number of hydrazine groups is 1. The Morgan fingerprint density at radius 1 is 1.08 bits per heavy atom. The van der Waals surface area contributed by atoms with Gasteiger partial charge in [0.05, 0.1) is 6.61 Å². The highest BCUT2D eigenvalue weighted by molar-refractivity contribution is 6.10. The second-order valence-electron chi connectivity index (χ2n) is 7.73. The second kappa shape index (κ2) is 6.89. The van der Waals surface area contributed by atoms with Gasteiger partial charge in [0.15, 0.2) is 5.78 Å². The zero-order chi connectivity index (χ0) is 19.6. The van der Waals surface area contributed by atoms with Gasteiger partial charge >= 0.3 is 18.2 Å². The van der Waals surface area contributed by atoms with Gasteiger partial charge in [-0.3, -0.25) is 4.79 Å². The number of hydrogen-bond acceptors (Lipinski definition) is 7. The topological polar surface area (TPSA) is 111 Å². The quantitative estimate of drug-likeness (QED) is 0.347. The molecule has 2 amide bonds. The number of nitrogens with one attached hydrogen (secondary N) is 1. The van der Waals surface area contributed by atoms with Gasteiger partial charge in [0, 0.05) is 6.42 Å². The van der Waals surface area contributed by atoms with E-state index in [0.29, 0.717) is 5.01 Å². The minimum atomic E-state index is -1.99. The third-order valence-electron chi connectivity index (χ3n) is 3.18. The molecule has 1 N–H and O–H groups in total. The number of Topliss-reactive ketones (excluding diaryl/α,β-unsaturated/α-hetero) is 1. The van der Waals surface area contributed by atoms with E-state index in [1.165, 1.54) is 0 Å². The lowest BCUT2D eigenvalue weighted by atomic mass is 9.92. The molecule has 1 aliphatic rings. The molecule has 0 aromatic heterocycles. The van der Waals surface area contributed by atoms with E-state index in [0.717, 1.165) is 6.92 Å². The Kier molecular flexibility index (Phi) is 5.71. The van der Waals surface area contributed by atoms with E-state index in [1.807, 2.05) is 0 Å². The first kappa shape index (κ1) is 20.7. The molecule has 1 aliphatic heterocycles. The van der Waals surface area contributed by atoms with Crippen LogP contribution in [0.2, 0.25) is 0 Å². The lowest BCUT2D eigenvalue weighted by molar-refractivity contribution is -0.154. The van der Waals surface area contributed by atoms with Gasteiger partial charge in [-0.15, -0.1) is 0 Å². The lowest BCUT2D eigenvalue weighted by Gasteiger charge is -2.36. The summed E-state index contributed by atoms with van der Waals surface area (Å²) in [5.74, 6) is -1.58. The fourth-order valence-corrected chi connectivity index (χ4v) is 2.19. The molecule has 1 unspecified atom stereocenters. The van der Waals surface area contributed by atoms with E-state index < -0.39 is 40.7 Å². The van der Waals surface area contributed by atoms with Crippen LogP contribution in [0.3, 0.4) is 0 Å². The van der Waals surface area contributed by atoms with Crippen molar-refractivity contribution < 1.29 is 33.4 Å². The van der Waals surface area contributed by atoms with Gasteiger partial charge in [-0.1, -0.05) is 0 Å². The molecule has 0 aliphatic carbocycles. The molecule has 142 valence electrons. The highest BCUT2D eigenvalue weighted by atomic mass is 16.6. The number of ether oxygens (including phenoxy) is 3. The standard InChI is InChI=1S/C16H26N2O7/c1-10(19)16(8-9-23-11(16)20)18(13(22)25-15(5,6)7)17-12(21)24-14(2,3)4/h8-9H2,1-7H3,(H,17,21). The molecule has 1 rings (SSSR count). The Labute approximate surface area is 146 Å². The van der Waals surface area contributed by atoms with Crippen LogP contribution in [-0.4, -0.2) is 52.3 Å². The summed E-state index contributed by atoms with van der Waals surface area (Å²) in [4.78, 5) is 49.1. The number of carbonyl (C=O) groups excluding carboxylic acids is 4. The molecule has 25 heavy (non-hydrogen) atoms. The third-order valence-corrected chi connectivity index (χ3v) is 3.18. The first-order valence-electron chi connectivity index (χ1n) is 7.90. The molecule has 0 aromatic rings. The molecule has 0 spiro atoms. The summed E-state index contributed by atoms with van der Waals surface area (Å²) in [6.45, 7) is 10.8. The number of cyclic esters (lactones) is 1. The van der Waals surface area contributed by atoms with Crippen molar-refractivity contribution in [1.82, 2.24) is 10.4 Å². The first-order chi connectivity index (χ1) is 11.2. The average molecular weight is 358 g/mol. The number of ketones is 1. The number of nitrogens with zero attached hydrogens (tertiary/aromatic N) is 1. The second-order valence-corrected chi connectivity index (χ2v) is 7.73. The normalized spacial score (nSPS) is 20.5. The van der Waals surface area contributed by atoms with Crippen molar-refractivity contribution in [3.63, 3.8) is 0 Å². The van der Waals surface area contributed by atoms with Crippen LogP contribution in [0.5, 0.6) is 0 Å². The molecule has 0 saturated carbocycles. The largest absolute Gasteiger partial charge is 0.463 e. The fraction of sp³-hybridized carbons (Fsp3) is 0.750. The van der Waals surface area contributed by atoms with Crippen LogP contribution in [-0.2, 0) is 23.8 Å². The lowest BCUT2D eigenvalue weighted by Crippen LogP contribution is -2.66. The molecule has 9 nitrogen and oxygen atoms in total. The van der Waals surface area contributed by atoms with Gasteiger partial charge in [-0.2, -0.15) is 5.01 Å². The molecular weight excluding hydrogens is 332 g/mol. The molecule has 9 heteroatoms. The predicted molar refractivity (Wildman–Crippen MR) is 86.4 cm³/mol. The minimum absolute atomic E-state index is 0.0618. The third kappa shape index (κ3) is 5.07. The van der Waals surface area contributed by atoms with E-state index in [4.69, 9.17) is 14.2 Å². The van der Waals surface area contributed by atoms with Crippen LogP contribution in [0.1, 0.15) is 54.9 Å². The Morgan fingerprint density at radius 2 is 1.60 bits per heavy atom. The molecule has 0 aromatic carbocycles. The van der Waals surface area contributed by atoms with Crippen molar-refractivity contribution in [3.05, 3.63) is 0 Å². The molecule has 1 atom stereocenters. The van der Waals surface area contributed by atoms with E-state index in [9.17, 15) is 19.2 Å². The number of hydrogen-bond donors (Lipinski definition) is 1. The van der Waals surface area contributed by atoms with E-state index >= 15 is 0 Å². The molecular formula is C16H26N2O7. The highest BCUT2D eigenvalue weighted by Crippen LogP contribution is 2.29. The van der Waals surface area contributed by atoms with Gasteiger partial charge in [-0.05, 0) is 48.5 Å². The van der Waals surface area contributed by atoms with Gasteiger partial charge in [0.25, 0.3) is 0 Å². The number of amides is 2. The Balaban J connectivity index is 3.23. The van der Waals surface area contributed by atoms with Crippen LogP contribution in [0, 0.1) is 0 Å². The van der Waals surface area contributed by atoms with Gasteiger partial charge in [0.1, 0.15) is 11.2 Å². The summed E-state index contributed by atoms with van der Waals surface area (Å²) in [5, 5.41) is 0.573. The van der Waals surface area contributed by atoms with Crippen molar-refractivity contribution >= 4 is 23.9 Å². The minimum Gasteiger partial charge on any atom is -0.463 e. The summed E-state index contributed by atoms with van der Waals surface area (Å²) in [5.41, 5.74) is -1.58. The maximum atomic E-state index is 12.6. The smallest absolute Gasteiger partial charge is 0.430 e. The SMILES string of the molecule is CC(=O)C1(N(NC(=O)OC(C)(C)C)C(=O)OC(C)(C)C)CCOC1=O. The van der Waals surface area contributed by atoms with Crippen molar-refractivity contribution in [2.75, 3.05) is 6.61 Å². The summed E-state index contributed by atoms with van der Waals surface area (Å²) in [7, 11) is 0. The zero-order valence-electron chi connectivity index (χ0n) is 15.7. The van der Waals surface area contributed by atoms with E-state index in [2.05, 4.69) is 5.43 Å². The van der Waals surface area contributed by atoms with Gasteiger partial charge in [-0.25, -0.2) is 19.8 Å². The maximum absolute atomic E-state index is 12.6. The molecule has 1 fully saturated rings. The Bertz CT molecular complexity index is 574. The van der Waals surface area contributed by atoms with Crippen LogP contribution in [0.25, 0.3) is 0 Å². The first-order valence-corrected chi connectivity index (χ1v) is 7.90. The van der Waals surface area contributed by atoms with Crippen molar-refractivity contribution in [2.45, 2.75) is 71.6 Å². The number of esters is 1. The Hall–Kier alpha value is -2.32. The monoisotopic (exact) mass is 358 g/mol. The highest BCUT2D eigenvalue weighted by Gasteiger charge is 2.58. The molecule has 1 saturated heterocycles. The number of carbonyl (C=O) groups is 4. The van der Waals surface area contributed by atoms with Crippen LogP contribution < -0.4 is 5.43 Å². The summed E-state index contributed by atoms with van der Waals surface area (Å²) in [6, 6.07) is 0. The van der Waals surface area contributed by atoms with Crippen molar-refractivity contribution in [1.29, 1.82) is 0 Å². The Morgan fingerprint density at radius 3 is 1.96 bits per heavy atom. The predicted octanol–water partition coefficient (Wildman–Crippen LogP) is 1.94. The van der Waals surface area contributed by atoms with Crippen molar-refractivity contribution in [2.24, 2.45) is 0 Å². The molecule has 0 radical (unpaired) electrons. The van der Waals surface area contributed by atoms with E-state index in [1.54, 1.807) is 41.5 Å². The fourth-order valence-electron chi connectivity index (χ4n) is 2.19. The van der Waals surface area contributed by atoms with Gasteiger partial charge < -0.3 is 14.2 Å². The van der Waals surface area contributed by atoms with E-state index in [-0.39, 0.29) is 13.0 Å². The van der Waals surface area contributed by atoms with Crippen LogP contribution in [0.15, 0.2) is 0 Å². The summed E-state index contributed by atoms with van der Waals surface area (Å²) < 4.78 is 15.2. The maximum Gasteiger partial charge on any atom is 0.430 e. The zero-order valence-corrected chi connectivity index (χ0v) is 15.7. The van der Waals surface area contributed by atoms with Gasteiger partial charge in [0.2, 0.25) is 5.54 Å². The average Bonchev–Trinajstić information content (AvgIpc) is 2.74. The number of rotatable bonds is 2. The van der Waals surface area contributed by atoms with Crippen LogP contribution >= 0.6 is 0 Å². The van der Waals surface area contributed by atoms with Crippen molar-refractivity contribution in [3.8, 4) is 0 Å². The molecule has 1 heterocycles. The molecule has 0 bridgehead atoms. The summed E-state index contributed by atoms with van der Waals surface area (Å²) >= 11 is 0. The van der Waals surface area contributed by atoms with Crippen LogP contribution in [0.4, 0.5) is 9.59 Å². The summed E-state index contributed by atoms with van der Waals surface area (Å²) in [6.07, 6.45) is -2.16.